The van der Waals surface area contributed by atoms with E-state index in [1.54, 1.807) is 0 Å². The summed E-state index contributed by atoms with van der Waals surface area (Å²) in [5.74, 6) is -1.55. The molecular formula is C14H18F2N2O. The molecule has 2 N–H and O–H groups in total. The van der Waals surface area contributed by atoms with Gasteiger partial charge in [-0.25, -0.2) is 8.78 Å². The van der Waals surface area contributed by atoms with Crippen molar-refractivity contribution in [1.82, 2.24) is 10.6 Å². The van der Waals surface area contributed by atoms with Gasteiger partial charge in [0.25, 0.3) is 5.91 Å². The van der Waals surface area contributed by atoms with Crippen molar-refractivity contribution in [2.24, 2.45) is 11.8 Å². The highest BCUT2D eigenvalue weighted by Crippen LogP contribution is 2.18. The van der Waals surface area contributed by atoms with Gasteiger partial charge < -0.3 is 10.6 Å². The Labute approximate surface area is 111 Å². The summed E-state index contributed by atoms with van der Waals surface area (Å²) in [4.78, 5) is 11.8. The van der Waals surface area contributed by atoms with E-state index < -0.39 is 23.1 Å². The van der Waals surface area contributed by atoms with Gasteiger partial charge in [-0.1, -0.05) is 13.0 Å². The van der Waals surface area contributed by atoms with Crippen LogP contribution in [0.2, 0.25) is 0 Å². The van der Waals surface area contributed by atoms with E-state index in [1.165, 1.54) is 6.07 Å². The van der Waals surface area contributed by atoms with Crippen molar-refractivity contribution in [2.75, 3.05) is 19.6 Å². The summed E-state index contributed by atoms with van der Waals surface area (Å²) in [6.07, 6.45) is 1.05. The molecule has 0 bridgehead atoms. The van der Waals surface area contributed by atoms with E-state index in [0.717, 1.165) is 31.6 Å². The Morgan fingerprint density at radius 3 is 2.74 bits per heavy atom. The lowest BCUT2D eigenvalue weighted by molar-refractivity contribution is 0.0930. The molecule has 3 nitrogen and oxygen atoms in total. The summed E-state index contributed by atoms with van der Waals surface area (Å²) < 4.78 is 26.9. The topological polar surface area (TPSA) is 41.1 Å². The summed E-state index contributed by atoms with van der Waals surface area (Å²) in [5.41, 5.74) is -0.501. The molecule has 104 valence electrons. The smallest absolute Gasteiger partial charge is 0.257 e. The fourth-order valence-corrected chi connectivity index (χ4v) is 2.35. The molecule has 1 heterocycles. The number of halogens is 2. The molecule has 0 aliphatic carbocycles. The van der Waals surface area contributed by atoms with E-state index in [0.29, 0.717) is 18.4 Å². The van der Waals surface area contributed by atoms with Crippen molar-refractivity contribution in [2.45, 2.75) is 13.3 Å². The highest BCUT2D eigenvalue weighted by atomic mass is 19.1. The van der Waals surface area contributed by atoms with E-state index in [1.807, 2.05) is 0 Å². The SMILES string of the molecule is CC1CCNCC1CNC(=O)c1c(F)cccc1F. The third kappa shape index (κ3) is 3.29. The number of rotatable bonds is 3. The van der Waals surface area contributed by atoms with E-state index in [9.17, 15) is 13.6 Å². The van der Waals surface area contributed by atoms with Gasteiger partial charge in [0.1, 0.15) is 17.2 Å². The van der Waals surface area contributed by atoms with E-state index in [4.69, 9.17) is 0 Å². The fourth-order valence-electron chi connectivity index (χ4n) is 2.35. The maximum absolute atomic E-state index is 13.4. The maximum Gasteiger partial charge on any atom is 0.257 e. The van der Waals surface area contributed by atoms with Crippen LogP contribution in [-0.2, 0) is 0 Å². The van der Waals surface area contributed by atoms with Crippen LogP contribution in [0.4, 0.5) is 8.78 Å². The molecule has 2 rings (SSSR count). The van der Waals surface area contributed by atoms with Crippen LogP contribution in [0.1, 0.15) is 23.7 Å². The largest absolute Gasteiger partial charge is 0.352 e. The van der Waals surface area contributed by atoms with E-state index in [2.05, 4.69) is 17.6 Å². The number of amides is 1. The van der Waals surface area contributed by atoms with Crippen molar-refractivity contribution in [1.29, 1.82) is 0 Å². The Balaban J connectivity index is 1.97. The first-order valence-corrected chi connectivity index (χ1v) is 6.52. The first-order chi connectivity index (χ1) is 9.09. The standard InChI is InChI=1S/C14H18F2N2O/c1-9-5-6-17-7-10(9)8-18-14(19)13-11(15)3-2-4-12(13)16/h2-4,9-10,17H,5-8H2,1H3,(H,18,19). The number of carbonyl (C=O) groups excluding carboxylic acids is 1. The molecule has 2 atom stereocenters. The van der Waals surface area contributed by atoms with Crippen molar-refractivity contribution in [3.8, 4) is 0 Å². The molecule has 0 aromatic heterocycles. The Hall–Kier alpha value is -1.49. The zero-order valence-electron chi connectivity index (χ0n) is 10.9. The minimum absolute atomic E-state index is 0.299. The second-order valence-electron chi connectivity index (χ2n) is 5.04. The molecule has 1 aliphatic rings. The van der Waals surface area contributed by atoms with Crippen LogP contribution in [0.25, 0.3) is 0 Å². The predicted octanol–water partition coefficient (Wildman–Crippen LogP) is 1.94. The van der Waals surface area contributed by atoms with Crippen LogP contribution < -0.4 is 10.6 Å². The molecule has 1 aromatic rings. The Morgan fingerprint density at radius 2 is 2.11 bits per heavy atom. The van der Waals surface area contributed by atoms with Gasteiger partial charge in [-0.15, -0.1) is 0 Å². The summed E-state index contributed by atoms with van der Waals surface area (Å²) in [6, 6.07) is 3.42. The molecule has 0 radical (unpaired) electrons. The number of hydrogen-bond donors (Lipinski definition) is 2. The van der Waals surface area contributed by atoms with Gasteiger partial charge in [0.2, 0.25) is 0 Å². The van der Waals surface area contributed by atoms with Gasteiger partial charge in [-0.2, -0.15) is 0 Å². The summed E-state index contributed by atoms with van der Waals surface area (Å²) in [6.45, 7) is 4.36. The van der Waals surface area contributed by atoms with Gasteiger partial charge in [0.05, 0.1) is 0 Å². The van der Waals surface area contributed by atoms with Gasteiger partial charge in [-0.3, -0.25) is 4.79 Å². The molecule has 2 unspecified atom stereocenters. The first kappa shape index (κ1) is 13.9. The van der Waals surface area contributed by atoms with Crippen LogP contribution in [0, 0.1) is 23.5 Å². The van der Waals surface area contributed by atoms with E-state index in [-0.39, 0.29) is 0 Å². The maximum atomic E-state index is 13.4. The van der Waals surface area contributed by atoms with Crippen LogP contribution in [0.15, 0.2) is 18.2 Å². The minimum atomic E-state index is -0.827. The molecule has 5 heteroatoms. The zero-order chi connectivity index (χ0) is 13.8. The summed E-state index contributed by atoms with van der Waals surface area (Å²) in [5, 5.41) is 5.87. The molecule has 19 heavy (non-hydrogen) atoms. The predicted molar refractivity (Wildman–Crippen MR) is 68.8 cm³/mol. The number of carbonyl (C=O) groups is 1. The summed E-state index contributed by atoms with van der Waals surface area (Å²) in [7, 11) is 0. The highest BCUT2D eigenvalue weighted by Gasteiger charge is 2.23. The van der Waals surface area contributed by atoms with Crippen molar-refractivity contribution in [3.63, 3.8) is 0 Å². The normalized spacial score (nSPS) is 23.1. The van der Waals surface area contributed by atoms with Crippen molar-refractivity contribution >= 4 is 5.91 Å². The Bertz CT molecular complexity index is 445. The Kier molecular flexibility index (Phi) is 4.47. The lowest BCUT2D eigenvalue weighted by Crippen LogP contribution is -2.42. The van der Waals surface area contributed by atoms with Gasteiger partial charge in [-0.05, 0) is 43.5 Å². The molecule has 1 saturated heterocycles. The highest BCUT2D eigenvalue weighted by molar-refractivity contribution is 5.94. The lowest BCUT2D eigenvalue weighted by Gasteiger charge is -2.29. The van der Waals surface area contributed by atoms with E-state index >= 15 is 0 Å². The molecular weight excluding hydrogens is 250 g/mol. The summed E-state index contributed by atoms with van der Waals surface area (Å²) >= 11 is 0. The second kappa shape index (κ2) is 6.10. The number of piperidine rings is 1. The molecule has 1 aromatic carbocycles. The number of benzene rings is 1. The van der Waals surface area contributed by atoms with Gasteiger partial charge in [0, 0.05) is 6.54 Å². The van der Waals surface area contributed by atoms with Crippen LogP contribution >= 0.6 is 0 Å². The van der Waals surface area contributed by atoms with Crippen LogP contribution in [0.3, 0.4) is 0 Å². The van der Waals surface area contributed by atoms with Gasteiger partial charge in [0.15, 0.2) is 0 Å². The average molecular weight is 268 g/mol. The Morgan fingerprint density at radius 1 is 1.42 bits per heavy atom. The molecule has 1 aliphatic heterocycles. The molecule has 1 amide bonds. The number of hydrogen-bond acceptors (Lipinski definition) is 2. The van der Waals surface area contributed by atoms with Gasteiger partial charge >= 0.3 is 0 Å². The van der Waals surface area contributed by atoms with Crippen LogP contribution in [-0.4, -0.2) is 25.5 Å². The molecule has 0 saturated carbocycles. The quantitative estimate of drug-likeness (QED) is 0.879. The van der Waals surface area contributed by atoms with Crippen LogP contribution in [0.5, 0.6) is 0 Å². The second-order valence-corrected chi connectivity index (χ2v) is 5.04. The molecule has 1 fully saturated rings. The third-order valence-corrected chi connectivity index (χ3v) is 3.70. The minimum Gasteiger partial charge on any atom is -0.352 e. The fraction of sp³-hybridized carbons (Fsp3) is 0.500. The molecule has 0 spiro atoms. The lowest BCUT2D eigenvalue weighted by atomic mass is 9.88. The van der Waals surface area contributed by atoms with Crippen molar-refractivity contribution < 1.29 is 13.6 Å². The zero-order valence-corrected chi connectivity index (χ0v) is 10.9. The first-order valence-electron chi connectivity index (χ1n) is 6.52. The number of nitrogens with one attached hydrogen (secondary N) is 2. The third-order valence-electron chi connectivity index (χ3n) is 3.70. The monoisotopic (exact) mass is 268 g/mol. The van der Waals surface area contributed by atoms with Crippen molar-refractivity contribution in [3.05, 3.63) is 35.4 Å². The average Bonchev–Trinajstić information content (AvgIpc) is 2.37.